The zero-order chi connectivity index (χ0) is 15.5. The van der Waals surface area contributed by atoms with Crippen molar-refractivity contribution in [3.05, 3.63) is 59.8 Å². The lowest BCUT2D eigenvalue weighted by atomic mass is 10.2. The van der Waals surface area contributed by atoms with E-state index in [2.05, 4.69) is 4.98 Å². The van der Waals surface area contributed by atoms with Gasteiger partial charge in [0.25, 0.3) is 0 Å². The third-order valence-corrected chi connectivity index (χ3v) is 3.56. The standard InChI is InChI=1S/C17H15ClN2O2/c1-2-22-17(21)20(13-6-4-3-5-7-13)16-11-19-15-9-8-12(18)10-14(15)16/h3-11,19H,2H2,1H3. The number of carbonyl (C=O) groups excluding carboxylic acids is 1. The average molecular weight is 315 g/mol. The first-order valence-corrected chi connectivity index (χ1v) is 7.37. The first-order valence-electron chi connectivity index (χ1n) is 6.99. The number of anilines is 2. The number of H-pyrrole nitrogens is 1. The van der Waals surface area contributed by atoms with Crippen molar-refractivity contribution in [3.63, 3.8) is 0 Å². The predicted octanol–water partition coefficient (Wildman–Crippen LogP) is 5.12. The third-order valence-electron chi connectivity index (χ3n) is 3.33. The molecular weight excluding hydrogens is 300 g/mol. The topological polar surface area (TPSA) is 45.3 Å². The number of aromatic amines is 1. The summed E-state index contributed by atoms with van der Waals surface area (Å²) < 4.78 is 5.20. The minimum absolute atomic E-state index is 0.311. The molecule has 0 fully saturated rings. The van der Waals surface area contributed by atoms with Crippen LogP contribution in [0.25, 0.3) is 10.9 Å². The molecule has 0 atom stereocenters. The van der Waals surface area contributed by atoms with Crippen molar-refractivity contribution in [2.45, 2.75) is 6.92 Å². The summed E-state index contributed by atoms with van der Waals surface area (Å²) in [6.45, 7) is 2.10. The molecule has 0 spiro atoms. The SMILES string of the molecule is CCOC(=O)N(c1ccccc1)c1c[nH]c2ccc(Cl)cc12. The average Bonchev–Trinajstić information content (AvgIpc) is 2.92. The Labute approximate surface area is 133 Å². The van der Waals surface area contributed by atoms with E-state index in [9.17, 15) is 4.79 Å². The summed E-state index contributed by atoms with van der Waals surface area (Å²) in [5, 5.41) is 1.48. The minimum atomic E-state index is -0.422. The number of nitrogens with zero attached hydrogens (tertiary/aromatic N) is 1. The number of hydrogen-bond donors (Lipinski definition) is 1. The molecule has 0 radical (unpaired) electrons. The fourth-order valence-corrected chi connectivity index (χ4v) is 2.54. The molecule has 0 saturated carbocycles. The van der Waals surface area contributed by atoms with Gasteiger partial charge in [0.05, 0.1) is 18.0 Å². The van der Waals surface area contributed by atoms with Crippen LogP contribution in [0, 0.1) is 0 Å². The lowest BCUT2D eigenvalue weighted by Crippen LogP contribution is -2.26. The maximum Gasteiger partial charge on any atom is 0.419 e. The van der Waals surface area contributed by atoms with Gasteiger partial charge in [-0.05, 0) is 37.3 Å². The van der Waals surface area contributed by atoms with Crippen LogP contribution >= 0.6 is 11.6 Å². The van der Waals surface area contributed by atoms with Crippen molar-refractivity contribution in [2.24, 2.45) is 0 Å². The number of rotatable bonds is 3. The molecule has 0 unspecified atom stereocenters. The molecule has 1 heterocycles. The monoisotopic (exact) mass is 314 g/mol. The van der Waals surface area contributed by atoms with Crippen LogP contribution in [0.15, 0.2) is 54.7 Å². The molecule has 1 aromatic heterocycles. The van der Waals surface area contributed by atoms with Gasteiger partial charge in [-0.3, -0.25) is 0 Å². The first kappa shape index (κ1) is 14.5. The van der Waals surface area contributed by atoms with Crippen molar-refractivity contribution in [1.29, 1.82) is 0 Å². The number of halogens is 1. The van der Waals surface area contributed by atoms with E-state index < -0.39 is 6.09 Å². The largest absolute Gasteiger partial charge is 0.449 e. The summed E-state index contributed by atoms with van der Waals surface area (Å²) in [6.07, 6.45) is 1.36. The molecule has 22 heavy (non-hydrogen) atoms. The summed E-state index contributed by atoms with van der Waals surface area (Å²) in [4.78, 5) is 17.1. The van der Waals surface area contributed by atoms with Crippen molar-refractivity contribution in [1.82, 2.24) is 4.98 Å². The Kier molecular flexibility index (Phi) is 4.02. The van der Waals surface area contributed by atoms with Gasteiger partial charge in [-0.1, -0.05) is 29.8 Å². The number of aromatic nitrogens is 1. The molecular formula is C17H15ClN2O2. The highest BCUT2D eigenvalue weighted by Gasteiger charge is 2.22. The summed E-state index contributed by atoms with van der Waals surface area (Å²) in [5.74, 6) is 0. The van der Waals surface area contributed by atoms with Gasteiger partial charge in [0.15, 0.2) is 0 Å². The minimum Gasteiger partial charge on any atom is -0.449 e. The van der Waals surface area contributed by atoms with Crippen LogP contribution in [0.4, 0.5) is 16.2 Å². The molecule has 1 amide bonds. The van der Waals surface area contributed by atoms with Crippen LogP contribution < -0.4 is 4.90 Å². The number of benzene rings is 2. The van der Waals surface area contributed by atoms with Crippen LogP contribution in [0.3, 0.4) is 0 Å². The lowest BCUT2D eigenvalue weighted by molar-refractivity contribution is 0.162. The Morgan fingerprint density at radius 2 is 2.00 bits per heavy atom. The van der Waals surface area contributed by atoms with E-state index in [1.165, 1.54) is 0 Å². The smallest absolute Gasteiger partial charge is 0.419 e. The van der Waals surface area contributed by atoms with Gasteiger partial charge in [-0.25, -0.2) is 9.69 Å². The molecule has 2 aromatic carbocycles. The number of amides is 1. The molecule has 0 aliphatic rings. The summed E-state index contributed by atoms with van der Waals surface area (Å²) in [6, 6.07) is 14.9. The van der Waals surface area contributed by atoms with Crippen LogP contribution in [0.1, 0.15) is 6.92 Å². The highest BCUT2D eigenvalue weighted by molar-refractivity contribution is 6.31. The maximum atomic E-state index is 12.4. The summed E-state index contributed by atoms with van der Waals surface area (Å²) in [7, 11) is 0. The molecule has 1 N–H and O–H groups in total. The number of fused-ring (bicyclic) bond motifs is 1. The number of carbonyl (C=O) groups is 1. The fraction of sp³-hybridized carbons (Fsp3) is 0.118. The van der Waals surface area contributed by atoms with Crippen LogP contribution in [0.5, 0.6) is 0 Å². The molecule has 0 bridgehead atoms. The molecule has 0 saturated heterocycles. The molecule has 112 valence electrons. The van der Waals surface area contributed by atoms with Crippen LogP contribution in [0.2, 0.25) is 5.02 Å². The van der Waals surface area contributed by atoms with E-state index in [-0.39, 0.29) is 0 Å². The van der Waals surface area contributed by atoms with Crippen molar-refractivity contribution in [3.8, 4) is 0 Å². The van der Waals surface area contributed by atoms with Crippen molar-refractivity contribution in [2.75, 3.05) is 11.5 Å². The molecule has 3 aromatic rings. The first-order chi connectivity index (χ1) is 10.7. The van der Waals surface area contributed by atoms with E-state index in [0.29, 0.717) is 17.3 Å². The van der Waals surface area contributed by atoms with Crippen LogP contribution in [-0.4, -0.2) is 17.7 Å². The van der Waals surface area contributed by atoms with Gasteiger partial charge in [0.1, 0.15) is 0 Å². The second kappa shape index (κ2) is 6.12. The highest BCUT2D eigenvalue weighted by atomic mass is 35.5. The van der Waals surface area contributed by atoms with Gasteiger partial charge < -0.3 is 9.72 Å². The number of hydrogen-bond acceptors (Lipinski definition) is 2. The molecule has 3 rings (SSSR count). The third kappa shape index (κ3) is 2.65. The zero-order valence-electron chi connectivity index (χ0n) is 12.0. The molecule has 5 heteroatoms. The number of ether oxygens (including phenoxy) is 1. The molecule has 0 aliphatic heterocycles. The van der Waals surface area contributed by atoms with E-state index in [1.54, 1.807) is 24.1 Å². The van der Waals surface area contributed by atoms with Gasteiger partial charge in [0, 0.05) is 22.1 Å². The van der Waals surface area contributed by atoms with Gasteiger partial charge in [-0.2, -0.15) is 0 Å². The Bertz CT molecular complexity index is 799. The second-order valence-corrected chi connectivity index (χ2v) is 5.17. The van der Waals surface area contributed by atoms with E-state index in [1.807, 2.05) is 42.5 Å². The van der Waals surface area contributed by atoms with Crippen molar-refractivity contribution >= 4 is 40.0 Å². The van der Waals surface area contributed by atoms with Crippen LogP contribution in [-0.2, 0) is 4.74 Å². The predicted molar refractivity (Wildman–Crippen MR) is 88.9 cm³/mol. The number of para-hydroxylation sites is 1. The Morgan fingerprint density at radius 1 is 1.23 bits per heavy atom. The number of nitrogens with one attached hydrogen (secondary N) is 1. The molecule has 4 nitrogen and oxygen atoms in total. The van der Waals surface area contributed by atoms with E-state index >= 15 is 0 Å². The van der Waals surface area contributed by atoms with Gasteiger partial charge in [-0.15, -0.1) is 0 Å². The Balaban J connectivity index is 2.15. The van der Waals surface area contributed by atoms with Crippen molar-refractivity contribution < 1.29 is 9.53 Å². The van der Waals surface area contributed by atoms with E-state index in [4.69, 9.17) is 16.3 Å². The Hall–Kier alpha value is -2.46. The normalized spacial score (nSPS) is 10.6. The van der Waals surface area contributed by atoms with Gasteiger partial charge >= 0.3 is 6.09 Å². The quantitative estimate of drug-likeness (QED) is 0.729. The van der Waals surface area contributed by atoms with Gasteiger partial charge in [0.2, 0.25) is 0 Å². The summed E-state index contributed by atoms with van der Waals surface area (Å²) >= 11 is 6.09. The summed E-state index contributed by atoms with van der Waals surface area (Å²) in [5.41, 5.74) is 2.36. The van der Waals surface area contributed by atoms with E-state index in [0.717, 1.165) is 16.6 Å². The molecule has 0 aliphatic carbocycles. The fourth-order valence-electron chi connectivity index (χ4n) is 2.37. The second-order valence-electron chi connectivity index (χ2n) is 4.73. The maximum absolute atomic E-state index is 12.4. The zero-order valence-corrected chi connectivity index (χ0v) is 12.8. The Morgan fingerprint density at radius 3 is 2.73 bits per heavy atom. The highest BCUT2D eigenvalue weighted by Crippen LogP contribution is 2.34. The lowest BCUT2D eigenvalue weighted by Gasteiger charge is -2.21.